The monoisotopic (exact) mass is 256 g/mol. The molecule has 1 aliphatic heterocycles. The van der Waals surface area contributed by atoms with Gasteiger partial charge < -0.3 is 14.6 Å². The quantitative estimate of drug-likeness (QED) is 0.916. The van der Waals surface area contributed by atoms with Crippen molar-refractivity contribution in [2.75, 3.05) is 6.61 Å². The van der Waals surface area contributed by atoms with Gasteiger partial charge in [-0.15, -0.1) is 0 Å². The van der Waals surface area contributed by atoms with Crippen LogP contribution >= 0.6 is 0 Å². The zero-order chi connectivity index (χ0) is 13.2. The van der Waals surface area contributed by atoms with Gasteiger partial charge in [0.2, 0.25) is 5.78 Å². The first-order chi connectivity index (χ1) is 9.22. The largest absolute Gasteiger partial charge is 0.508 e. The molecule has 2 aromatic carbocycles. The molecule has 0 unspecified atom stereocenters. The van der Waals surface area contributed by atoms with E-state index < -0.39 is 0 Å². The van der Waals surface area contributed by atoms with Crippen LogP contribution in [0.1, 0.15) is 15.9 Å². The highest BCUT2D eigenvalue weighted by molar-refractivity contribution is 6.02. The summed E-state index contributed by atoms with van der Waals surface area (Å²) in [6, 6.07) is 12.1. The molecular weight excluding hydrogens is 244 g/mol. The third-order valence-electron chi connectivity index (χ3n) is 2.93. The molecular formula is C15H12O4. The van der Waals surface area contributed by atoms with Crippen LogP contribution in [0.2, 0.25) is 0 Å². The van der Waals surface area contributed by atoms with Crippen LogP contribution in [0.25, 0.3) is 0 Å². The Hall–Kier alpha value is -2.49. The summed E-state index contributed by atoms with van der Waals surface area (Å²) in [6.45, 7) is 0.451. The number of benzene rings is 2. The number of Topliss-reactive ketones (excluding diaryl/α,β-unsaturated/α-hetero) is 1. The lowest BCUT2D eigenvalue weighted by molar-refractivity contribution is 0.0961. The number of hydrogen-bond donors (Lipinski definition) is 1. The minimum Gasteiger partial charge on any atom is -0.508 e. The molecule has 0 amide bonds. The lowest BCUT2D eigenvalue weighted by Gasteiger charge is -2.07. The molecule has 1 aliphatic rings. The van der Waals surface area contributed by atoms with E-state index in [4.69, 9.17) is 9.47 Å². The molecule has 1 heterocycles. The SMILES string of the molecule is O=C1COc2cc(OCc3cccc(O)c3)ccc21. The Morgan fingerprint density at radius 2 is 2.11 bits per heavy atom. The van der Waals surface area contributed by atoms with Crippen molar-refractivity contribution >= 4 is 5.78 Å². The van der Waals surface area contributed by atoms with Crippen molar-refractivity contribution in [1.29, 1.82) is 0 Å². The van der Waals surface area contributed by atoms with Gasteiger partial charge in [0.05, 0.1) is 5.56 Å². The molecule has 3 rings (SSSR count). The molecule has 0 aromatic heterocycles. The number of rotatable bonds is 3. The van der Waals surface area contributed by atoms with Gasteiger partial charge in [-0.1, -0.05) is 12.1 Å². The Morgan fingerprint density at radius 1 is 1.21 bits per heavy atom. The molecule has 4 nitrogen and oxygen atoms in total. The molecule has 0 bridgehead atoms. The van der Waals surface area contributed by atoms with Crippen molar-refractivity contribution in [2.45, 2.75) is 6.61 Å². The number of hydrogen-bond acceptors (Lipinski definition) is 4. The number of ketones is 1. The molecule has 4 heteroatoms. The molecule has 1 N–H and O–H groups in total. The Bertz CT molecular complexity index is 634. The Balaban J connectivity index is 1.73. The zero-order valence-electron chi connectivity index (χ0n) is 10.1. The number of carbonyl (C=O) groups is 1. The third-order valence-corrected chi connectivity index (χ3v) is 2.93. The highest BCUT2D eigenvalue weighted by Gasteiger charge is 2.21. The van der Waals surface area contributed by atoms with Crippen molar-refractivity contribution in [3.63, 3.8) is 0 Å². The van der Waals surface area contributed by atoms with Gasteiger partial charge in [0, 0.05) is 6.07 Å². The van der Waals surface area contributed by atoms with Crippen LogP contribution in [0.15, 0.2) is 42.5 Å². The fourth-order valence-electron chi connectivity index (χ4n) is 1.98. The number of phenols is 1. The average molecular weight is 256 g/mol. The summed E-state index contributed by atoms with van der Waals surface area (Å²) in [6.07, 6.45) is 0. The van der Waals surface area contributed by atoms with E-state index in [-0.39, 0.29) is 18.1 Å². The standard InChI is InChI=1S/C15H12O4/c16-11-3-1-2-10(6-11)8-18-12-4-5-13-14(17)9-19-15(13)7-12/h1-7,16H,8-9H2. The van der Waals surface area contributed by atoms with Crippen LogP contribution in [-0.2, 0) is 6.61 Å². The minimum atomic E-state index is -0.00506. The Kier molecular flexibility index (Phi) is 2.83. The molecule has 2 aromatic rings. The second-order valence-electron chi connectivity index (χ2n) is 4.33. The van der Waals surface area contributed by atoms with E-state index in [9.17, 15) is 9.90 Å². The summed E-state index contributed by atoms with van der Waals surface area (Å²) < 4.78 is 10.9. The second kappa shape index (κ2) is 4.65. The average Bonchev–Trinajstić information content (AvgIpc) is 2.78. The fraction of sp³-hybridized carbons (Fsp3) is 0.133. The fourth-order valence-corrected chi connectivity index (χ4v) is 1.98. The Morgan fingerprint density at radius 3 is 2.95 bits per heavy atom. The van der Waals surface area contributed by atoms with Crippen LogP contribution in [0.5, 0.6) is 17.2 Å². The molecule has 19 heavy (non-hydrogen) atoms. The van der Waals surface area contributed by atoms with Crippen molar-refractivity contribution in [3.8, 4) is 17.2 Å². The van der Waals surface area contributed by atoms with E-state index in [1.165, 1.54) is 0 Å². The molecule has 96 valence electrons. The maximum atomic E-state index is 11.4. The van der Waals surface area contributed by atoms with Crippen molar-refractivity contribution in [1.82, 2.24) is 0 Å². The van der Waals surface area contributed by atoms with E-state index in [2.05, 4.69) is 0 Å². The van der Waals surface area contributed by atoms with Crippen LogP contribution in [0.3, 0.4) is 0 Å². The summed E-state index contributed by atoms with van der Waals surface area (Å²) in [7, 11) is 0. The van der Waals surface area contributed by atoms with Gasteiger partial charge >= 0.3 is 0 Å². The van der Waals surface area contributed by atoms with Crippen LogP contribution in [0, 0.1) is 0 Å². The van der Waals surface area contributed by atoms with Crippen LogP contribution in [0.4, 0.5) is 0 Å². The third kappa shape index (κ3) is 2.38. The normalized spacial score (nSPS) is 12.9. The number of fused-ring (bicyclic) bond motifs is 1. The summed E-state index contributed by atoms with van der Waals surface area (Å²) in [5.74, 6) is 1.41. The predicted octanol–water partition coefficient (Wildman–Crippen LogP) is 2.55. The maximum absolute atomic E-state index is 11.4. The Labute approximate surface area is 110 Å². The second-order valence-corrected chi connectivity index (χ2v) is 4.33. The molecule has 0 fully saturated rings. The molecule has 0 saturated carbocycles. The van der Waals surface area contributed by atoms with Gasteiger partial charge in [-0.25, -0.2) is 0 Å². The van der Waals surface area contributed by atoms with E-state index in [1.54, 1.807) is 36.4 Å². The topological polar surface area (TPSA) is 55.8 Å². The first-order valence-electron chi connectivity index (χ1n) is 5.93. The van der Waals surface area contributed by atoms with E-state index >= 15 is 0 Å². The van der Waals surface area contributed by atoms with Gasteiger partial charge in [-0.05, 0) is 29.8 Å². The molecule has 0 radical (unpaired) electrons. The summed E-state index contributed by atoms with van der Waals surface area (Å²) in [4.78, 5) is 11.4. The van der Waals surface area contributed by atoms with Gasteiger partial charge in [-0.3, -0.25) is 4.79 Å². The maximum Gasteiger partial charge on any atom is 0.203 e. The zero-order valence-corrected chi connectivity index (χ0v) is 10.1. The van der Waals surface area contributed by atoms with E-state index in [0.717, 1.165) is 5.56 Å². The van der Waals surface area contributed by atoms with E-state index in [0.29, 0.717) is 23.7 Å². The first kappa shape index (κ1) is 11.6. The van der Waals surface area contributed by atoms with Gasteiger partial charge in [0.25, 0.3) is 0 Å². The molecule has 0 aliphatic carbocycles. The lowest BCUT2D eigenvalue weighted by atomic mass is 10.1. The summed E-state index contributed by atoms with van der Waals surface area (Å²) >= 11 is 0. The first-order valence-corrected chi connectivity index (χ1v) is 5.93. The van der Waals surface area contributed by atoms with Crippen LogP contribution in [-0.4, -0.2) is 17.5 Å². The number of phenolic OH excluding ortho intramolecular Hbond substituents is 1. The van der Waals surface area contributed by atoms with Gasteiger partial charge in [0.15, 0.2) is 6.61 Å². The number of aromatic hydroxyl groups is 1. The van der Waals surface area contributed by atoms with Crippen LogP contribution < -0.4 is 9.47 Å². The lowest BCUT2D eigenvalue weighted by Crippen LogP contribution is -1.98. The highest BCUT2D eigenvalue weighted by atomic mass is 16.5. The molecule has 0 saturated heterocycles. The van der Waals surface area contributed by atoms with Gasteiger partial charge in [0.1, 0.15) is 23.9 Å². The highest BCUT2D eigenvalue weighted by Crippen LogP contribution is 2.29. The molecule has 0 atom stereocenters. The van der Waals surface area contributed by atoms with Crippen molar-refractivity contribution in [2.24, 2.45) is 0 Å². The number of ether oxygens (including phenoxy) is 2. The summed E-state index contributed by atoms with van der Waals surface area (Å²) in [5.41, 5.74) is 1.47. The smallest absolute Gasteiger partial charge is 0.203 e. The molecule has 0 spiro atoms. The van der Waals surface area contributed by atoms with Crippen molar-refractivity contribution < 1.29 is 19.4 Å². The van der Waals surface area contributed by atoms with E-state index in [1.807, 2.05) is 6.07 Å². The van der Waals surface area contributed by atoms with Crippen molar-refractivity contribution in [3.05, 3.63) is 53.6 Å². The van der Waals surface area contributed by atoms with Gasteiger partial charge in [-0.2, -0.15) is 0 Å². The number of carbonyl (C=O) groups excluding carboxylic acids is 1. The predicted molar refractivity (Wildman–Crippen MR) is 68.7 cm³/mol. The summed E-state index contributed by atoms with van der Waals surface area (Å²) in [5, 5.41) is 9.35. The minimum absolute atomic E-state index is 0.00506.